The Kier molecular flexibility index (Phi) is 4.01. The number of rotatable bonds is 3. The number of carbonyl (C=O) groups excluding carboxylic acids is 1. The molecule has 0 unspecified atom stereocenters. The highest BCUT2D eigenvalue weighted by atomic mass is 16.1. The van der Waals surface area contributed by atoms with Crippen LogP contribution in [-0.4, -0.2) is 11.9 Å². The van der Waals surface area contributed by atoms with Gasteiger partial charge in [0.25, 0.3) is 5.91 Å². The van der Waals surface area contributed by atoms with Gasteiger partial charge in [0.1, 0.15) is 0 Å². The van der Waals surface area contributed by atoms with E-state index in [1.165, 1.54) is 44.1 Å². The molecule has 0 saturated heterocycles. The first-order chi connectivity index (χ1) is 11.7. The smallest absolute Gasteiger partial charge is 0.251 e. The third-order valence-corrected chi connectivity index (χ3v) is 7.36. The van der Waals surface area contributed by atoms with E-state index in [0.717, 1.165) is 23.3 Å². The molecule has 4 bridgehead atoms. The van der Waals surface area contributed by atoms with Crippen molar-refractivity contribution in [3.8, 4) is 0 Å². The van der Waals surface area contributed by atoms with Gasteiger partial charge in [-0.25, -0.2) is 0 Å². The molecule has 0 heterocycles. The second-order valence-electron chi connectivity index (χ2n) is 10.3. The molecular formula is C23H33NO. The number of carbonyl (C=O) groups is 1. The first-order valence-electron chi connectivity index (χ1n) is 10.2. The van der Waals surface area contributed by atoms with Crippen LogP contribution >= 0.6 is 0 Å². The zero-order chi connectivity index (χ0) is 17.8. The summed E-state index contributed by atoms with van der Waals surface area (Å²) in [5.41, 5.74) is 2.57. The summed E-state index contributed by atoms with van der Waals surface area (Å²) in [7, 11) is 0. The van der Waals surface area contributed by atoms with Crippen molar-refractivity contribution < 1.29 is 4.79 Å². The molecule has 136 valence electrons. The topological polar surface area (TPSA) is 29.1 Å². The van der Waals surface area contributed by atoms with Gasteiger partial charge >= 0.3 is 0 Å². The molecule has 0 radical (unpaired) electrons. The SMILES string of the molecule is C[C@H](NC(=O)c1ccc(C(C)(C)C)cc1)C12CC3CC(CC(C3)C1)C2. The van der Waals surface area contributed by atoms with Crippen LogP contribution in [0, 0.1) is 23.2 Å². The second kappa shape index (κ2) is 5.86. The van der Waals surface area contributed by atoms with Crippen LogP contribution in [0.25, 0.3) is 0 Å². The molecule has 0 aromatic heterocycles. The fourth-order valence-corrected chi connectivity index (χ4v) is 6.26. The maximum Gasteiger partial charge on any atom is 0.251 e. The number of hydrogen-bond acceptors (Lipinski definition) is 1. The molecule has 1 amide bonds. The third kappa shape index (κ3) is 3.13. The molecule has 2 heteroatoms. The molecule has 0 spiro atoms. The zero-order valence-corrected chi connectivity index (χ0v) is 16.3. The summed E-state index contributed by atoms with van der Waals surface area (Å²) in [6.45, 7) is 8.88. The van der Waals surface area contributed by atoms with Gasteiger partial charge in [-0.3, -0.25) is 4.79 Å². The summed E-state index contributed by atoms with van der Waals surface area (Å²) >= 11 is 0. The van der Waals surface area contributed by atoms with E-state index in [0.29, 0.717) is 5.41 Å². The summed E-state index contributed by atoms with van der Waals surface area (Å²) in [5, 5.41) is 3.37. The molecule has 4 fully saturated rings. The molecule has 0 aliphatic heterocycles. The molecule has 2 nitrogen and oxygen atoms in total. The lowest BCUT2D eigenvalue weighted by Crippen LogP contribution is -2.55. The quantitative estimate of drug-likeness (QED) is 0.793. The molecule has 1 aromatic carbocycles. The van der Waals surface area contributed by atoms with Crippen molar-refractivity contribution in [3.63, 3.8) is 0 Å². The number of amides is 1. The molecule has 4 aliphatic carbocycles. The maximum absolute atomic E-state index is 12.8. The van der Waals surface area contributed by atoms with Gasteiger partial charge in [-0.2, -0.15) is 0 Å². The average Bonchev–Trinajstić information content (AvgIpc) is 2.52. The van der Waals surface area contributed by atoms with Gasteiger partial charge in [-0.15, -0.1) is 0 Å². The van der Waals surface area contributed by atoms with Crippen LogP contribution in [-0.2, 0) is 5.41 Å². The van der Waals surface area contributed by atoms with E-state index < -0.39 is 0 Å². The Morgan fingerprint density at radius 2 is 1.48 bits per heavy atom. The van der Waals surface area contributed by atoms with Crippen LogP contribution in [0.3, 0.4) is 0 Å². The normalized spacial score (nSPS) is 34.8. The summed E-state index contributed by atoms with van der Waals surface area (Å²) < 4.78 is 0. The fourth-order valence-electron chi connectivity index (χ4n) is 6.26. The van der Waals surface area contributed by atoms with E-state index in [2.05, 4.69) is 45.1 Å². The van der Waals surface area contributed by atoms with Crippen LogP contribution < -0.4 is 5.32 Å². The van der Waals surface area contributed by atoms with Crippen molar-refractivity contribution >= 4 is 5.91 Å². The Labute approximate surface area is 152 Å². The van der Waals surface area contributed by atoms with E-state index in [-0.39, 0.29) is 17.4 Å². The van der Waals surface area contributed by atoms with E-state index in [9.17, 15) is 4.79 Å². The number of benzene rings is 1. The van der Waals surface area contributed by atoms with Crippen LogP contribution in [0.2, 0.25) is 0 Å². The Morgan fingerprint density at radius 1 is 1.00 bits per heavy atom. The van der Waals surface area contributed by atoms with E-state index in [1.807, 2.05) is 12.1 Å². The Balaban J connectivity index is 1.46. The number of hydrogen-bond donors (Lipinski definition) is 1. The Hall–Kier alpha value is -1.31. The molecule has 4 aliphatic rings. The van der Waals surface area contributed by atoms with Crippen molar-refractivity contribution in [1.82, 2.24) is 5.32 Å². The molecule has 1 N–H and O–H groups in total. The van der Waals surface area contributed by atoms with Crippen LogP contribution in [0.1, 0.15) is 82.1 Å². The second-order valence-corrected chi connectivity index (χ2v) is 10.3. The van der Waals surface area contributed by atoms with Crippen LogP contribution in [0.15, 0.2) is 24.3 Å². The Bertz CT molecular complexity index is 616. The van der Waals surface area contributed by atoms with Crippen LogP contribution in [0.5, 0.6) is 0 Å². The molecule has 1 aromatic rings. The first kappa shape index (κ1) is 17.1. The van der Waals surface area contributed by atoms with Crippen molar-refractivity contribution in [2.45, 2.75) is 77.7 Å². The highest BCUT2D eigenvalue weighted by molar-refractivity contribution is 5.94. The number of nitrogens with one attached hydrogen (secondary N) is 1. The van der Waals surface area contributed by atoms with Gasteiger partial charge in [-0.1, -0.05) is 32.9 Å². The minimum Gasteiger partial charge on any atom is -0.349 e. The lowest BCUT2D eigenvalue weighted by Gasteiger charge is -2.59. The minimum absolute atomic E-state index is 0.101. The van der Waals surface area contributed by atoms with Gasteiger partial charge in [0.2, 0.25) is 0 Å². The maximum atomic E-state index is 12.8. The predicted octanol–water partition coefficient (Wildman–Crippen LogP) is 5.32. The van der Waals surface area contributed by atoms with E-state index in [1.54, 1.807) is 0 Å². The van der Waals surface area contributed by atoms with Crippen molar-refractivity contribution in [2.75, 3.05) is 0 Å². The van der Waals surface area contributed by atoms with Gasteiger partial charge in [0.15, 0.2) is 0 Å². The van der Waals surface area contributed by atoms with E-state index >= 15 is 0 Å². The predicted molar refractivity (Wildman–Crippen MR) is 103 cm³/mol. The lowest BCUT2D eigenvalue weighted by molar-refractivity contribution is -0.0688. The minimum atomic E-state index is 0.101. The zero-order valence-electron chi connectivity index (χ0n) is 16.3. The summed E-state index contributed by atoms with van der Waals surface area (Å²) in [6, 6.07) is 8.47. The van der Waals surface area contributed by atoms with E-state index in [4.69, 9.17) is 0 Å². The van der Waals surface area contributed by atoms with Crippen molar-refractivity contribution in [1.29, 1.82) is 0 Å². The molecule has 1 atom stereocenters. The van der Waals surface area contributed by atoms with Gasteiger partial charge in [-0.05, 0) is 91.7 Å². The first-order valence-corrected chi connectivity index (χ1v) is 10.2. The van der Waals surface area contributed by atoms with Gasteiger partial charge < -0.3 is 5.32 Å². The summed E-state index contributed by atoms with van der Waals surface area (Å²) in [4.78, 5) is 12.8. The average molecular weight is 340 g/mol. The highest BCUT2D eigenvalue weighted by Gasteiger charge is 2.53. The summed E-state index contributed by atoms with van der Waals surface area (Å²) in [6.07, 6.45) is 8.37. The standard InChI is InChI=1S/C23H33NO/c1-15(23-12-16-9-17(13-23)11-18(10-16)14-23)24-21(25)19-5-7-20(8-6-19)22(2,3)4/h5-8,15-18H,9-14H2,1-4H3,(H,24,25)/t15-,16?,17?,18?,23?/m0/s1. The third-order valence-electron chi connectivity index (χ3n) is 7.36. The van der Waals surface area contributed by atoms with Gasteiger partial charge in [0, 0.05) is 11.6 Å². The highest BCUT2D eigenvalue weighted by Crippen LogP contribution is 2.61. The van der Waals surface area contributed by atoms with Crippen molar-refractivity contribution in [3.05, 3.63) is 35.4 Å². The van der Waals surface area contributed by atoms with Gasteiger partial charge in [0.05, 0.1) is 0 Å². The molecule has 25 heavy (non-hydrogen) atoms. The largest absolute Gasteiger partial charge is 0.349 e. The molecule has 4 saturated carbocycles. The van der Waals surface area contributed by atoms with Crippen LogP contribution in [0.4, 0.5) is 0 Å². The molecule has 5 rings (SSSR count). The fraction of sp³-hybridized carbons (Fsp3) is 0.696. The van der Waals surface area contributed by atoms with Crippen molar-refractivity contribution in [2.24, 2.45) is 23.2 Å². The lowest BCUT2D eigenvalue weighted by atomic mass is 9.48. The monoisotopic (exact) mass is 339 g/mol. The summed E-state index contributed by atoms with van der Waals surface area (Å²) in [5.74, 6) is 2.88. The molecular weight excluding hydrogens is 306 g/mol. The Morgan fingerprint density at radius 3 is 1.92 bits per heavy atom.